The fourth-order valence-corrected chi connectivity index (χ4v) is 1.55. The van der Waals surface area contributed by atoms with Gasteiger partial charge in [-0.05, 0) is 0 Å². The fourth-order valence-electron chi connectivity index (χ4n) is 1.55. The Morgan fingerprint density at radius 3 is 2.43 bits per heavy atom. The number of rotatable bonds is 0. The van der Waals surface area contributed by atoms with E-state index in [0.29, 0.717) is 5.69 Å². The van der Waals surface area contributed by atoms with Crippen LogP contribution in [0.1, 0.15) is 5.69 Å². The molecule has 74 valence electrons. The van der Waals surface area contributed by atoms with Crippen LogP contribution in [0.5, 0.6) is 0 Å². The third-order valence-corrected chi connectivity index (χ3v) is 2.38. The molecule has 0 saturated heterocycles. The van der Waals surface area contributed by atoms with Gasteiger partial charge in [-0.25, -0.2) is 4.79 Å². The highest BCUT2D eigenvalue weighted by molar-refractivity contribution is 5.98. The summed E-state index contributed by atoms with van der Waals surface area (Å²) in [7, 11) is 2.93. The highest BCUT2D eigenvalue weighted by atomic mass is 16.2. The predicted molar refractivity (Wildman–Crippen MR) is 49.3 cm³/mol. The Bertz CT molecular complexity index is 538. The van der Waals surface area contributed by atoms with E-state index < -0.39 is 11.2 Å². The zero-order valence-electron chi connectivity index (χ0n) is 7.83. The van der Waals surface area contributed by atoms with Crippen molar-refractivity contribution in [2.24, 2.45) is 14.1 Å². The van der Waals surface area contributed by atoms with Crippen LogP contribution in [0.2, 0.25) is 0 Å². The summed E-state index contributed by atoms with van der Waals surface area (Å²) < 4.78 is 2.29. The lowest BCUT2D eigenvalue weighted by Gasteiger charge is -2.06. The lowest BCUT2D eigenvalue weighted by Crippen LogP contribution is -2.38. The van der Waals surface area contributed by atoms with E-state index in [-0.39, 0.29) is 18.0 Å². The zero-order valence-corrected chi connectivity index (χ0v) is 7.83. The van der Waals surface area contributed by atoms with Crippen molar-refractivity contribution in [3.05, 3.63) is 26.5 Å². The minimum Gasteiger partial charge on any atom is -0.320 e. The number of carbonyl (C=O) groups is 1. The van der Waals surface area contributed by atoms with Gasteiger partial charge in [0.2, 0.25) is 5.91 Å². The molecule has 1 amide bonds. The fraction of sp³-hybridized carbons (Fsp3) is 0.375. The molecule has 2 rings (SSSR count). The topological polar surface area (TPSA) is 73.1 Å². The highest BCUT2D eigenvalue weighted by Crippen LogP contribution is 2.15. The molecule has 0 atom stereocenters. The van der Waals surface area contributed by atoms with Crippen LogP contribution in [0.4, 0.5) is 5.69 Å². The molecule has 0 unspecified atom stereocenters. The van der Waals surface area contributed by atoms with Gasteiger partial charge in [0, 0.05) is 14.1 Å². The molecule has 1 aliphatic heterocycles. The molecule has 1 N–H and O–H groups in total. The smallest absolute Gasteiger partial charge is 0.320 e. The van der Waals surface area contributed by atoms with Crippen molar-refractivity contribution < 1.29 is 4.79 Å². The molecule has 0 spiro atoms. The summed E-state index contributed by atoms with van der Waals surface area (Å²) in [5.41, 5.74) is -0.179. The Morgan fingerprint density at radius 1 is 1.14 bits per heavy atom. The van der Waals surface area contributed by atoms with Crippen LogP contribution in [-0.2, 0) is 25.3 Å². The second kappa shape index (κ2) is 2.57. The molecule has 0 bridgehead atoms. The van der Waals surface area contributed by atoms with Gasteiger partial charge in [-0.2, -0.15) is 0 Å². The number of nitrogens with zero attached hydrogens (tertiary/aromatic N) is 2. The third kappa shape index (κ3) is 0.935. The molecule has 0 fully saturated rings. The van der Waals surface area contributed by atoms with Gasteiger partial charge in [-0.1, -0.05) is 0 Å². The summed E-state index contributed by atoms with van der Waals surface area (Å²) in [6.45, 7) is 0. The quantitative estimate of drug-likeness (QED) is 0.552. The predicted octanol–water partition coefficient (Wildman–Crippen LogP) is -1.42. The first-order valence-corrected chi connectivity index (χ1v) is 4.11. The Hall–Kier alpha value is -1.85. The van der Waals surface area contributed by atoms with E-state index in [2.05, 4.69) is 5.32 Å². The number of amides is 1. The van der Waals surface area contributed by atoms with Crippen LogP contribution in [0.15, 0.2) is 9.59 Å². The van der Waals surface area contributed by atoms with Gasteiger partial charge in [-0.15, -0.1) is 0 Å². The summed E-state index contributed by atoms with van der Waals surface area (Å²) in [6, 6.07) is 0. The number of carbonyl (C=O) groups excluding carboxylic acids is 1. The maximum Gasteiger partial charge on any atom is 0.330 e. The van der Waals surface area contributed by atoms with E-state index in [1.807, 2.05) is 0 Å². The number of fused-ring (bicyclic) bond motifs is 1. The van der Waals surface area contributed by atoms with Gasteiger partial charge in [-0.3, -0.25) is 18.7 Å². The monoisotopic (exact) mass is 195 g/mol. The molecule has 0 saturated carbocycles. The molecule has 6 heteroatoms. The summed E-state index contributed by atoms with van der Waals surface area (Å²) >= 11 is 0. The maximum absolute atomic E-state index is 11.5. The second-order valence-electron chi connectivity index (χ2n) is 3.25. The van der Waals surface area contributed by atoms with Gasteiger partial charge >= 0.3 is 5.69 Å². The number of anilines is 1. The number of aromatic nitrogens is 2. The molecule has 0 aromatic carbocycles. The zero-order chi connectivity index (χ0) is 10.5. The molecular weight excluding hydrogens is 186 g/mol. The first kappa shape index (κ1) is 8.74. The number of hydrogen-bond acceptors (Lipinski definition) is 3. The van der Waals surface area contributed by atoms with Gasteiger partial charge in [0.05, 0.1) is 12.1 Å². The molecular formula is C8H9N3O3. The maximum atomic E-state index is 11.5. The molecule has 2 heterocycles. The summed E-state index contributed by atoms with van der Waals surface area (Å²) in [5, 5.41) is 2.44. The number of nitrogens with one attached hydrogen (secondary N) is 1. The minimum absolute atomic E-state index is 0.0944. The number of hydrogen-bond donors (Lipinski definition) is 1. The van der Waals surface area contributed by atoms with E-state index in [0.717, 1.165) is 4.57 Å². The third-order valence-electron chi connectivity index (χ3n) is 2.38. The average molecular weight is 195 g/mol. The van der Waals surface area contributed by atoms with E-state index in [1.165, 1.54) is 11.6 Å². The molecule has 14 heavy (non-hydrogen) atoms. The lowest BCUT2D eigenvalue weighted by atomic mass is 10.3. The standard InChI is InChI=1S/C8H9N3O3/c1-10-4-3-5(12)9-6(4)7(13)11(2)8(10)14/h3H2,1-2H3,(H,9,12). The molecule has 1 aromatic rings. The molecule has 6 nitrogen and oxygen atoms in total. The highest BCUT2D eigenvalue weighted by Gasteiger charge is 2.25. The van der Waals surface area contributed by atoms with Crippen molar-refractivity contribution in [3.63, 3.8) is 0 Å². The normalized spacial score (nSPS) is 14.0. The lowest BCUT2D eigenvalue weighted by molar-refractivity contribution is -0.115. The second-order valence-corrected chi connectivity index (χ2v) is 3.25. The van der Waals surface area contributed by atoms with Crippen molar-refractivity contribution >= 4 is 11.6 Å². The van der Waals surface area contributed by atoms with E-state index in [1.54, 1.807) is 7.05 Å². The summed E-state index contributed by atoms with van der Waals surface area (Å²) in [4.78, 5) is 34.0. The van der Waals surface area contributed by atoms with Crippen molar-refractivity contribution in [1.82, 2.24) is 9.13 Å². The van der Waals surface area contributed by atoms with Crippen LogP contribution in [0.3, 0.4) is 0 Å². The Morgan fingerprint density at radius 2 is 1.79 bits per heavy atom. The molecule has 1 aromatic heterocycles. The largest absolute Gasteiger partial charge is 0.330 e. The van der Waals surface area contributed by atoms with Crippen LogP contribution in [0.25, 0.3) is 0 Å². The summed E-state index contributed by atoms with van der Waals surface area (Å²) in [6.07, 6.45) is 0.0944. The van der Waals surface area contributed by atoms with Gasteiger partial charge in [0.15, 0.2) is 0 Å². The Balaban J connectivity index is 2.90. The van der Waals surface area contributed by atoms with Crippen LogP contribution in [-0.4, -0.2) is 15.0 Å². The van der Waals surface area contributed by atoms with Crippen molar-refractivity contribution in [3.8, 4) is 0 Å². The van der Waals surface area contributed by atoms with Crippen LogP contribution < -0.4 is 16.6 Å². The van der Waals surface area contributed by atoms with Crippen molar-refractivity contribution in [1.29, 1.82) is 0 Å². The van der Waals surface area contributed by atoms with Gasteiger partial charge in [0.1, 0.15) is 5.69 Å². The summed E-state index contributed by atoms with van der Waals surface area (Å²) in [5.74, 6) is -0.252. The van der Waals surface area contributed by atoms with Crippen molar-refractivity contribution in [2.45, 2.75) is 6.42 Å². The average Bonchev–Trinajstić information content (AvgIpc) is 2.54. The first-order valence-electron chi connectivity index (χ1n) is 4.11. The molecule has 0 radical (unpaired) electrons. The van der Waals surface area contributed by atoms with Gasteiger partial charge in [0.25, 0.3) is 5.56 Å². The Labute approximate surface area is 78.8 Å². The molecule has 1 aliphatic rings. The van der Waals surface area contributed by atoms with Crippen molar-refractivity contribution in [2.75, 3.05) is 5.32 Å². The minimum atomic E-state index is -0.450. The van der Waals surface area contributed by atoms with E-state index >= 15 is 0 Å². The first-order chi connectivity index (χ1) is 6.52. The van der Waals surface area contributed by atoms with Crippen LogP contribution in [0, 0.1) is 0 Å². The van der Waals surface area contributed by atoms with Gasteiger partial charge < -0.3 is 5.32 Å². The van der Waals surface area contributed by atoms with E-state index in [9.17, 15) is 14.4 Å². The Kier molecular flexibility index (Phi) is 1.60. The SMILES string of the molecule is Cn1c2c(c(=O)n(C)c1=O)NC(=O)C2. The molecule has 0 aliphatic carbocycles. The van der Waals surface area contributed by atoms with Crippen LogP contribution >= 0.6 is 0 Å². The van der Waals surface area contributed by atoms with E-state index in [4.69, 9.17) is 0 Å².